The highest BCUT2D eigenvalue weighted by molar-refractivity contribution is 5.75. The summed E-state index contributed by atoms with van der Waals surface area (Å²) in [6.07, 6.45) is 3.64. The maximum absolute atomic E-state index is 11.1. The van der Waals surface area contributed by atoms with Crippen LogP contribution in [0, 0.1) is 0 Å². The Balaban J connectivity index is 3.42. The van der Waals surface area contributed by atoms with E-state index >= 15 is 0 Å². The summed E-state index contributed by atoms with van der Waals surface area (Å²) in [6, 6.07) is 0. The van der Waals surface area contributed by atoms with Crippen molar-refractivity contribution in [3.05, 3.63) is 0 Å². The fourth-order valence-electron chi connectivity index (χ4n) is 1.01. The van der Waals surface area contributed by atoms with Crippen LogP contribution in [0.3, 0.4) is 0 Å². The Kier molecular flexibility index (Phi) is 6.76. The van der Waals surface area contributed by atoms with Crippen LogP contribution in [0.1, 0.15) is 32.6 Å². The minimum atomic E-state index is -0.0447. The first-order valence-electron chi connectivity index (χ1n) is 4.57. The van der Waals surface area contributed by atoms with Crippen LogP contribution in [-0.4, -0.2) is 36.1 Å². The van der Waals surface area contributed by atoms with Gasteiger partial charge in [-0.25, -0.2) is 0 Å². The highest BCUT2D eigenvalue weighted by atomic mass is 16.3. The van der Waals surface area contributed by atoms with Gasteiger partial charge >= 0.3 is 0 Å². The number of nitrogens with zero attached hydrogens (tertiary/aromatic N) is 1. The third kappa shape index (κ3) is 5.13. The molecule has 72 valence electrons. The number of aliphatic hydroxyl groups excluding tert-OH is 1. The Hall–Kier alpha value is -0.570. The van der Waals surface area contributed by atoms with Gasteiger partial charge < -0.3 is 10.0 Å². The van der Waals surface area contributed by atoms with Gasteiger partial charge in [-0.3, -0.25) is 4.79 Å². The van der Waals surface area contributed by atoms with Crippen molar-refractivity contribution in [2.75, 3.05) is 20.2 Å². The van der Waals surface area contributed by atoms with Gasteiger partial charge in [-0.2, -0.15) is 0 Å². The van der Waals surface area contributed by atoms with Gasteiger partial charge in [0.1, 0.15) is 0 Å². The van der Waals surface area contributed by atoms with Crippen LogP contribution in [0.5, 0.6) is 0 Å². The van der Waals surface area contributed by atoms with Gasteiger partial charge in [0.25, 0.3) is 0 Å². The summed E-state index contributed by atoms with van der Waals surface area (Å²) in [6.45, 7) is 2.90. The Morgan fingerprint density at radius 3 is 2.58 bits per heavy atom. The maximum atomic E-state index is 11.1. The lowest BCUT2D eigenvalue weighted by Crippen LogP contribution is -2.28. The number of rotatable bonds is 6. The fraction of sp³-hybridized carbons (Fsp3) is 0.889. The summed E-state index contributed by atoms with van der Waals surface area (Å²) in [5, 5.41) is 8.51. The minimum Gasteiger partial charge on any atom is -0.396 e. The van der Waals surface area contributed by atoms with Crippen LogP contribution in [0.15, 0.2) is 0 Å². The fourth-order valence-corrected chi connectivity index (χ4v) is 1.01. The average molecular weight is 173 g/mol. The van der Waals surface area contributed by atoms with Gasteiger partial charge in [0.15, 0.2) is 0 Å². The molecule has 0 unspecified atom stereocenters. The van der Waals surface area contributed by atoms with Crippen molar-refractivity contribution in [3.8, 4) is 0 Å². The van der Waals surface area contributed by atoms with Crippen molar-refractivity contribution in [3.63, 3.8) is 0 Å². The van der Waals surface area contributed by atoms with E-state index in [9.17, 15) is 4.79 Å². The van der Waals surface area contributed by atoms with Crippen molar-refractivity contribution in [1.82, 2.24) is 4.90 Å². The standard InChI is InChI=1S/C9H19NO2/c1-3-4-5-7-10(2)9(12)6-8-11/h11H,3-8H2,1-2H3. The normalized spacial score (nSPS) is 9.92. The van der Waals surface area contributed by atoms with Crippen LogP contribution >= 0.6 is 0 Å². The lowest BCUT2D eigenvalue weighted by molar-refractivity contribution is -0.130. The molecule has 0 aromatic carbocycles. The zero-order valence-electron chi connectivity index (χ0n) is 8.05. The third-order valence-corrected chi connectivity index (χ3v) is 1.85. The molecule has 3 nitrogen and oxygen atoms in total. The molecule has 1 N–H and O–H groups in total. The highest BCUT2D eigenvalue weighted by Gasteiger charge is 2.05. The molecule has 0 aliphatic rings. The zero-order chi connectivity index (χ0) is 9.40. The second kappa shape index (κ2) is 7.10. The summed E-state index contributed by atoms with van der Waals surface area (Å²) in [5.74, 6) is 0.0357. The monoisotopic (exact) mass is 173 g/mol. The second-order valence-corrected chi connectivity index (χ2v) is 3.00. The van der Waals surface area contributed by atoms with Gasteiger partial charge in [-0.1, -0.05) is 19.8 Å². The van der Waals surface area contributed by atoms with Gasteiger partial charge in [0.2, 0.25) is 5.91 Å². The topological polar surface area (TPSA) is 40.5 Å². The third-order valence-electron chi connectivity index (χ3n) is 1.85. The van der Waals surface area contributed by atoms with E-state index in [-0.39, 0.29) is 18.9 Å². The van der Waals surface area contributed by atoms with Crippen molar-refractivity contribution < 1.29 is 9.90 Å². The summed E-state index contributed by atoms with van der Waals surface area (Å²) in [5.41, 5.74) is 0. The molecule has 0 bridgehead atoms. The number of unbranched alkanes of at least 4 members (excludes halogenated alkanes) is 2. The molecule has 0 aliphatic heterocycles. The van der Waals surface area contributed by atoms with Crippen LogP contribution in [0.25, 0.3) is 0 Å². The predicted octanol–water partition coefficient (Wildman–Crippen LogP) is 1.02. The van der Waals surface area contributed by atoms with E-state index in [1.54, 1.807) is 11.9 Å². The highest BCUT2D eigenvalue weighted by Crippen LogP contribution is 1.97. The maximum Gasteiger partial charge on any atom is 0.224 e. The van der Waals surface area contributed by atoms with Crippen LogP contribution in [-0.2, 0) is 4.79 Å². The number of hydrogen-bond donors (Lipinski definition) is 1. The molecule has 0 saturated carbocycles. The Labute approximate surface area is 74.4 Å². The summed E-state index contributed by atoms with van der Waals surface area (Å²) in [4.78, 5) is 12.8. The van der Waals surface area contributed by atoms with E-state index in [4.69, 9.17) is 5.11 Å². The van der Waals surface area contributed by atoms with Crippen molar-refractivity contribution in [2.45, 2.75) is 32.6 Å². The Bertz CT molecular complexity index is 126. The van der Waals surface area contributed by atoms with Gasteiger partial charge in [-0.05, 0) is 6.42 Å². The van der Waals surface area contributed by atoms with Gasteiger partial charge in [-0.15, -0.1) is 0 Å². The molecule has 0 aromatic rings. The zero-order valence-corrected chi connectivity index (χ0v) is 8.05. The van der Waals surface area contributed by atoms with E-state index in [0.717, 1.165) is 19.4 Å². The molecule has 0 heterocycles. The quantitative estimate of drug-likeness (QED) is 0.609. The van der Waals surface area contributed by atoms with Crippen molar-refractivity contribution in [1.29, 1.82) is 0 Å². The Morgan fingerprint density at radius 2 is 2.08 bits per heavy atom. The van der Waals surface area contributed by atoms with E-state index in [1.807, 2.05) is 0 Å². The molecular weight excluding hydrogens is 154 g/mol. The lowest BCUT2D eigenvalue weighted by Gasteiger charge is -2.15. The SMILES string of the molecule is CCCCCN(C)C(=O)CCO. The molecule has 0 atom stereocenters. The Morgan fingerprint density at radius 1 is 1.42 bits per heavy atom. The molecule has 12 heavy (non-hydrogen) atoms. The van der Waals surface area contributed by atoms with Gasteiger partial charge in [0.05, 0.1) is 6.61 Å². The number of carbonyl (C=O) groups excluding carboxylic acids is 1. The average Bonchev–Trinajstić information content (AvgIpc) is 2.05. The second-order valence-electron chi connectivity index (χ2n) is 3.00. The van der Waals surface area contributed by atoms with E-state index in [0.29, 0.717) is 0 Å². The molecule has 0 fully saturated rings. The van der Waals surface area contributed by atoms with Crippen LogP contribution in [0.4, 0.5) is 0 Å². The lowest BCUT2D eigenvalue weighted by atomic mass is 10.2. The van der Waals surface area contributed by atoms with Crippen molar-refractivity contribution >= 4 is 5.91 Å². The minimum absolute atomic E-state index is 0.0357. The molecule has 0 spiro atoms. The number of carbonyl (C=O) groups is 1. The number of hydrogen-bond acceptors (Lipinski definition) is 2. The van der Waals surface area contributed by atoms with Gasteiger partial charge in [0, 0.05) is 20.0 Å². The summed E-state index contributed by atoms with van der Waals surface area (Å²) >= 11 is 0. The van der Waals surface area contributed by atoms with Crippen LogP contribution < -0.4 is 0 Å². The molecule has 3 heteroatoms. The molecule has 0 aromatic heterocycles. The first-order valence-corrected chi connectivity index (χ1v) is 4.57. The smallest absolute Gasteiger partial charge is 0.224 e. The largest absolute Gasteiger partial charge is 0.396 e. The molecular formula is C9H19NO2. The van der Waals surface area contributed by atoms with E-state index < -0.39 is 0 Å². The van der Waals surface area contributed by atoms with Crippen molar-refractivity contribution in [2.24, 2.45) is 0 Å². The molecule has 0 aliphatic carbocycles. The first-order chi connectivity index (χ1) is 5.72. The molecule has 0 rings (SSSR count). The van der Waals surface area contributed by atoms with E-state index in [1.165, 1.54) is 6.42 Å². The number of amides is 1. The van der Waals surface area contributed by atoms with Crippen LogP contribution in [0.2, 0.25) is 0 Å². The molecule has 1 amide bonds. The summed E-state index contributed by atoms with van der Waals surface area (Å²) < 4.78 is 0. The molecule has 0 saturated heterocycles. The number of aliphatic hydroxyl groups is 1. The predicted molar refractivity (Wildman–Crippen MR) is 48.9 cm³/mol. The molecule has 0 radical (unpaired) electrons. The summed E-state index contributed by atoms with van der Waals surface area (Å²) in [7, 11) is 1.79. The first kappa shape index (κ1) is 11.4. The van der Waals surface area contributed by atoms with E-state index in [2.05, 4.69) is 6.92 Å².